The molecule has 0 bridgehead atoms. The summed E-state index contributed by atoms with van der Waals surface area (Å²) in [6.45, 7) is -0.0598. The Morgan fingerprint density at radius 1 is 0.969 bits per heavy atom. The molecule has 3 heterocycles. The maximum atomic E-state index is 13.4. The first-order valence-electron chi connectivity index (χ1n) is 9.82. The molecule has 1 atom stereocenters. The Morgan fingerprint density at radius 2 is 1.66 bits per heavy atom. The first-order valence-corrected chi connectivity index (χ1v) is 9.82. The van der Waals surface area contributed by atoms with Crippen molar-refractivity contribution in [3.05, 3.63) is 89.6 Å². The molecule has 1 amide bonds. The van der Waals surface area contributed by atoms with Crippen LogP contribution in [0.15, 0.2) is 71.3 Å². The van der Waals surface area contributed by atoms with Gasteiger partial charge in [-0.2, -0.15) is 13.2 Å². The van der Waals surface area contributed by atoms with Crippen LogP contribution < -0.4 is 0 Å². The molecule has 4 aromatic rings. The van der Waals surface area contributed by atoms with Crippen LogP contribution in [-0.2, 0) is 12.7 Å². The van der Waals surface area contributed by atoms with Gasteiger partial charge in [-0.1, -0.05) is 65.8 Å². The molecule has 32 heavy (non-hydrogen) atoms. The molecule has 0 aliphatic carbocycles. The van der Waals surface area contributed by atoms with Gasteiger partial charge in [0.25, 0.3) is 5.91 Å². The van der Waals surface area contributed by atoms with Crippen molar-refractivity contribution >= 4 is 5.91 Å². The topological polar surface area (TPSA) is 77.0 Å². The largest absolute Gasteiger partial charge is 0.451 e. The summed E-state index contributed by atoms with van der Waals surface area (Å²) in [6.07, 6.45) is -4.64. The third-order valence-corrected chi connectivity index (χ3v) is 5.32. The van der Waals surface area contributed by atoms with Crippen LogP contribution in [0.25, 0.3) is 11.3 Å². The molecule has 5 rings (SSSR count). The van der Waals surface area contributed by atoms with E-state index in [0.717, 1.165) is 10.1 Å². The number of halogens is 3. The molecule has 162 valence electrons. The number of carbonyl (C=O) groups excluding carboxylic acids is 1. The third-order valence-electron chi connectivity index (χ3n) is 5.32. The van der Waals surface area contributed by atoms with Gasteiger partial charge in [-0.15, -0.1) is 10.2 Å². The van der Waals surface area contributed by atoms with Crippen LogP contribution in [0.5, 0.6) is 0 Å². The lowest BCUT2D eigenvalue weighted by Gasteiger charge is -2.35. The van der Waals surface area contributed by atoms with E-state index in [4.69, 9.17) is 4.52 Å². The lowest BCUT2D eigenvalue weighted by Crippen LogP contribution is -2.43. The van der Waals surface area contributed by atoms with Gasteiger partial charge in [-0.3, -0.25) is 4.79 Å². The van der Waals surface area contributed by atoms with Crippen molar-refractivity contribution in [2.45, 2.75) is 18.8 Å². The molecule has 1 unspecified atom stereocenters. The molecule has 1 aliphatic rings. The average Bonchev–Trinajstić information content (AvgIpc) is 3.46. The number of rotatable bonds is 3. The minimum atomic E-state index is -4.64. The molecular formula is C22H16F3N5O2. The second-order valence-corrected chi connectivity index (χ2v) is 7.29. The van der Waals surface area contributed by atoms with Gasteiger partial charge < -0.3 is 14.0 Å². The second-order valence-electron chi connectivity index (χ2n) is 7.29. The molecule has 2 aromatic carbocycles. The van der Waals surface area contributed by atoms with Gasteiger partial charge in [0.15, 0.2) is 17.3 Å². The van der Waals surface area contributed by atoms with E-state index in [1.54, 1.807) is 30.3 Å². The molecule has 0 saturated heterocycles. The number of hydrogen-bond acceptors (Lipinski definition) is 5. The van der Waals surface area contributed by atoms with E-state index in [2.05, 4.69) is 15.4 Å². The highest BCUT2D eigenvalue weighted by Crippen LogP contribution is 2.36. The Morgan fingerprint density at radius 3 is 2.34 bits per heavy atom. The lowest BCUT2D eigenvalue weighted by atomic mass is 10.0. The third kappa shape index (κ3) is 3.43. The minimum absolute atomic E-state index is 0.0278. The fraction of sp³-hybridized carbons (Fsp3) is 0.182. The molecule has 0 spiro atoms. The monoisotopic (exact) mass is 439 g/mol. The van der Waals surface area contributed by atoms with Crippen molar-refractivity contribution in [3.63, 3.8) is 0 Å². The van der Waals surface area contributed by atoms with Gasteiger partial charge in [0.05, 0.1) is 0 Å². The Balaban J connectivity index is 1.54. The highest BCUT2D eigenvalue weighted by molar-refractivity contribution is 5.93. The van der Waals surface area contributed by atoms with Crippen LogP contribution in [0.3, 0.4) is 0 Å². The number of hydrogen-bond donors (Lipinski definition) is 0. The predicted octanol–water partition coefficient (Wildman–Crippen LogP) is 4.20. The van der Waals surface area contributed by atoms with Crippen molar-refractivity contribution in [1.82, 2.24) is 24.8 Å². The van der Waals surface area contributed by atoms with Gasteiger partial charge in [-0.05, 0) is 5.56 Å². The summed E-state index contributed by atoms with van der Waals surface area (Å²) in [6, 6.07) is 18.6. The van der Waals surface area contributed by atoms with Crippen LogP contribution in [0, 0.1) is 0 Å². The molecule has 10 heteroatoms. The highest BCUT2D eigenvalue weighted by Gasteiger charge is 2.43. The molecule has 0 radical (unpaired) electrons. The Hall–Kier alpha value is -3.95. The zero-order valence-electron chi connectivity index (χ0n) is 16.5. The van der Waals surface area contributed by atoms with Crippen molar-refractivity contribution in [3.8, 4) is 11.3 Å². The van der Waals surface area contributed by atoms with Gasteiger partial charge in [0.1, 0.15) is 6.04 Å². The van der Waals surface area contributed by atoms with Crippen LogP contribution in [0.2, 0.25) is 0 Å². The number of nitrogens with zero attached hydrogens (tertiary/aromatic N) is 5. The van der Waals surface area contributed by atoms with Gasteiger partial charge in [0.2, 0.25) is 5.82 Å². The Kier molecular flexibility index (Phi) is 4.76. The molecule has 2 aromatic heterocycles. The number of fused-ring (bicyclic) bond motifs is 1. The first-order chi connectivity index (χ1) is 15.4. The molecular weight excluding hydrogens is 423 g/mol. The van der Waals surface area contributed by atoms with Crippen LogP contribution in [0.1, 0.15) is 33.7 Å². The van der Waals surface area contributed by atoms with Crippen LogP contribution in [0.4, 0.5) is 13.2 Å². The summed E-state index contributed by atoms with van der Waals surface area (Å²) in [5.74, 6) is -1.07. The van der Waals surface area contributed by atoms with Gasteiger partial charge >= 0.3 is 6.18 Å². The number of carbonyl (C=O) groups is 1. The van der Waals surface area contributed by atoms with E-state index in [1.165, 1.54) is 11.0 Å². The van der Waals surface area contributed by atoms with E-state index >= 15 is 0 Å². The number of benzene rings is 2. The molecule has 0 fully saturated rings. The molecule has 7 nitrogen and oxygen atoms in total. The maximum absolute atomic E-state index is 13.4. The van der Waals surface area contributed by atoms with E-state index < -0.39 is 23.9 Å². The zero-order valence-corrected chi connectivity index (χ0v) is 16.5. The summed E-state index contributed by atoms with van der Waals surface area (Å²) in [5, 5.41) is 11.1. The maximum Gasteiger partial charge on any atom is 0.451 e. The molecule has 1 aliphatic heterocycles. The van der Waals surface area contributed by atoms with E-state index in [1.807, 2.05) is 30.3 Å². The minimum Gasteiger partial charge on any atom is -0.355 e. The SMILES string of the molecule is O=C(c1cc(-c2ccccc2)on1)N1CCn2c(nnc2C(F)(F)F)C1c1ccccc1. The van der Waals surface area contributed by atoms with E-state index in [9.17, 15) is 18.0 Å². The smallest absolute Gasteiger partial charge is 0.355 e. The standard InChI is InChI=1S/C22H16F3N5O2/c23-22(24,25)21-27-26-19-18(15-9-5-2-6-10-15)29(11-12-30(19)21)20(31)16-13-17(32-28-16)14-7-3-1-4-8-14/h1-10,13,18H,11-12H2. The summed E-state index contributed by atoms with van der Waals surface area (Å²) in [7, 11) is 0. The summed E-state index contributed by atoms with van der Waals surface area (Å²) < 4.78 is 46.6. The number of aromatic nitrogens is 4. The Labute approximate surface area is 180 Å². The van der Waals surface area contributed by atoms with Crippen LogP contribution >= 0.6 is 0 Å². The number of amides is 1. The average molecular weight is 439 g/mol. The predicted molar refractivity (Wildman–Crippen MR) is 106 cm³/mol. The zero-order chi connectivity index (χ0) is 22.3. The highest BCUT2D eigenvalue weighted by atomic mass is 19.4. The molecule has 0 N–H and O–H groups in total. The van der Waals surface area contributed by atoms with Gasteiger partial charge in [0, 0.05) is 24.7 Å². The quantitative estimate of drug-likeness (QED) is 0.478. The fourth-order valence-electron chi connectivity index (χ4n) is 3.87. The van der Waals surface area contributed by atoms with Crippen LogP contribution in [-0.4, -0.2) is 37.3 Å². The number of alkyl halides is 3. The van der Waals surface area contributed by atoms with E-state index in [0.29, 0.717) is 11.3 Å². The lowest BCUT2D eigenvalue weighted by molar-refractivity contribution is -0.148. The summed E-state index contributed by atoms with van der Waals surface area (Å²) in [5.41, 5.74) is 1.44. The Bertz CT molecular complexity index is 1250. The van der Waals surface area contributed by atoms with Crippen molar-refractivity contribution < 1.29 is 22.5 Å². The normalized spacial score (nSPS) is 16.1. The first kappa shape index (κ1) is 20.0. The van der Waals surface area contributed by atoms with E-state index in [-0.39, 0.29) is 24.6 Å². The van der Waals surface area contributed by atoms with Crippen molar-refractivity contribution in [2.24, 2.45) is 0 Å². The second kappa shape index (κ2) is 7.63. The van der Waals surface area contributed by atoms with Crippen molar-refractivity contribution in [1.29, 1.82) is 0 Å². The molecule has 0 saturated carbocycles. The summed E-state index contributed by atoms with van der Waals surface area (Å²) in [4.78, 5) is 14.8. The summed E-state index contributed by atoms with van der Waals surface area (Å²) >= 11 is 0. The fourth-order valence-corrected chi connectivity index (χ4v) is 3.87. The van der Waals surface area contributed by atoms with Gasteiger partial charge in [-0.25, -0.2) is 0 Å². The van der Waals surface area contributed by atoms with Crippen molar-refractivity contribution in [2.75, 3.05) is 6.54 Å².